The van der Waals surface area contributed by atoms with Crippen LogP contribution in [0.25, 0.3) is 0 Å². The molecule has 0 aliphatic carbocycles. The van der Waals surface area contributed by atoms with Crippen molar-refractivity contribution in [3.05, 3.63) is 29.8 Å². The molecule has 0 saturated carbocycles. The molecule has 0 unspecified atom stereocenters. The Hall–Kier alpha value is -1.06. The van der Waals surface area contributed by atoms with Crippen LogP contribution in [0.2, 0.25) is 0 Å². The summed E-state index contributed by atoms with van der Waals surface area (Å²) in [5, 5.41) is 3.25. The summed E-state index contributed by atoms with van der Waals surface area (Å²) >= 11 is 0. The van der Waals surface area contributed by atoms with Gasteiger partial charge in [0.1, 0.15) is 12.4 Å². The number of aryl methyl sites for hydroxylation is 1. The van der Waals surface area contributed by atoms with E-state index in [9.17, 15) is 0 Å². The van der Waals surface area contributed by atoms with Crippen LogP contribution in [0, 0.1) is 6.92 Å². The number of ether oxygens (including phenoxy) is 2. The summed E-state index contributed by atoms with van der Waals surface area (Å²) in [5.74, 6) is 0.928. The van der Waals surface area contributed by atoms with Gasteiger partial charge in [-0.05, 0) is 26.0 Å². The Morgan fingerprint density at radius 1 is 1.06 bits per heavy atom. The standard InChI is InChI=1S/C13H21NO2/c1-3-15-10-8-14-9-11-16-13-6-4-12(2)5-7-13/h4-7,14H,3,8-11H2,1-2H3. The van der Waals surface area contributed by atoms with Crippen LogP contribution in [0.1, 0.15) is 12.5 Å². The molecule has 3 nitrogen and oxygen atoms in total. The van der Waals surface area contributed by atoms with E-state index in [1.54, 1.807) is 0 Å². The molecular formula is C13H21NO2. The maximum Gasteiger partial charge on any atom is 0.119 e. The predicted octanol–water partition coefficient (Wildman–Crippen LogP) is 2.00. The Morgan fingerprint density at radius 2 is 1.75 bits per heavy atom. The molecule has 0 aliphatic rings. The Morgan fingerprint density at radius 3 is 2.44 bits per heavy atom. The minimum absolute atomic E-state index is 0.690. The molecule has 0 heterocycles. The van der Waals surface area contributed by atoms with Crippen LogP contribution in [0.5, 0.6) is 5.75 Å². The third kappa shape index (κ3) is 5.73. The zero-order valence-corrected chi connectivity index (χ0v) is 10.2. The van der Waals surface area contributed by atoms with Crippen LogP contribution in [-0.2, 0) is 4.74 Å². The number of rotatable bonds is 8. The molecule has 1 aromatic carbocycles. The van der Waals surface area contributed by atoms with Crippen LogP contribution in [0.3, 0.4) is 0 Å². The van der Waals surface area contributed by atoms with Crippen molar-refractivity contribution in [2.75, 3.05) is 32.9 Å². The lowest BCUT2D eigenvalue weighted by molar-refractivity contribution is 0.148. The van der Waals surface area contributed by atoms with Gasteiger partial charge < -0.3 is 14.8 Å². The van der Waals surface area contributed by atoms with E-state index in [-0.39, 0.29) is 0 Å². The molecule has 0 bridgehead atoms. The summed E-state index contributed by atoms with van der Waals surface area (Å²) < 4.78 is 10.8. The van der Waals surface area contributed by atoms with Crippen LogP contribution in [0.4, 0.5) is 0 Å². The van der Waals surface area contributed by atoms with Crippen LogP contribution in [-0.4, -0.2) is 32.9 Å². The lowest BCUT2D eigenvalue weighted by Gasteiger charge is -2.07. The highest BCUT2D eigenvalue weighted by Crippen LogP contribution is 2.10. The molecule has 90 valence electrons. The summed E-state index contributed by atoms with van der Waals surface area (Å²) in [6.45, 7) is 8.03. The Balaban J connectivity index is 2.01. The third-order valence-corrected chi connectivity index (χ3v) is 2.20. The van der Waals surface area contributed by atoms with Crippen molar-refractivity contribution in [3.8, 4) is 5.75 Å². The molecule has 1 N–H and O–H groups in total. The van der Waals surface area contributed by atoms with Crippen molar-refractivity contribution < 1.29 is 9.47 Å². The molecule has 0 fully saturated rings. The van der Waals surface area contributed by atoms with Crippen LogP contribution in [0.15, 0.2) is 24.3 Å². The van der Waals surface area contributed by atoms with Gasteiger partial charge in [-0.2, -0.15) is 0 Å². The zero-order chi connectivity index (χ0) is 11.6. The second-order valence-corrected chi connectivity index (χ2v) is 3.61. The van der Waals surface area contributed by atoms with Gasteiger partial charge in [0.2, 0.25) is 0 Å². The summed E-state index contributed by atoms with van der Waals surface area (Å²) in [4.78, 5) is 0. The molecule has 1 aromatic rings. The van der Waals surface area contributed by atoms with Crippen molar-refractivity contribution in [3.63, 3.8) is 0 Å². The fourth-order valence-electron chi connectivity index (χ4n) is 1.29. The van der Waals surface area contributed by atoms with Crippen LogP contribution >= 0.6 is 0 Å². The Labute approximate surface area is 97.8 Å². The van der Waals surface area contributed by atoms with E-state index in [0.29, 0.717) is 6.61 Å². The van der Waals surface area contributed by atoms with Gasteiger partial charge in [0.15, 0.2) is 0 Å². The molecular weight excluding hydrogens is 202 g/mol. The molecule has 0 radical (unpaired) electrons. The summed E-state index contributed by atoms with van der Waals surface area (Å²) in [6.07, 6.45) is 0. The molecule has 0 aliphatic heterocycles. The predicted molar refractivity (Wildman–Crippen MR) is 66.0 cm³/mol. The fourth-order valence-corrected chi connectivity index (χ4v) is 1.29. The van der Waals surface area contributed by atoms with E-state index >= 15 is 0 Å². The topological polar surface area (TPSA) is 30.5 Å². The van der Waals surface area contributed by atoms with Crippen molar-refractivity contribution in [2.45, 2.75) is 13.8 Å². The lowest BCUT2D eigenvalue weighted by atomic mass is 10.2. The highest BCUT2D eigenvalue weighted by atomic mass is 16.5. The average Bonchev–Trinajstić information content (AvgIpc) is 2.30. The maximum absolute atomic E-state index is 5.56. The fraction of sp³-hybridized carbons (Fsp3) is 0.538. The smallest absolute Gasteiger partial charge is 0.119 e. The molecule has 0 aromatic heterocycles. The van der Waals surface area contributed by atoms with Gasteiger partial charge in [-0.3, -0.25) is 0 Å². The molecule has 0 spiro atoms. The van der Waals surface area contributed by atoms with E-state index < -0.39 is 0 Å². The normalized spacial score (nSPS) is 10.4. The number of hydrogen-bond acceptors (Lipinski definition) is 3. The van der Waals surface area contributed by atoms with E-state index in [0.717, 1.165) is 32.1 Å². The summed E-state index contributed by atoms with van der Waals surface area (Å²) in [6, 6.07) is 8.10. The lowest BCUT2D eigenvalue weighted by Crippen LogP contribution is -2.24. The van der Waals surface area contributed by atoms with Gasteiger partial charge in [-0.25, -0.2) is 0 Å². The van der Waals surface area contributed by atoms with E-state index in [1.807, 2.05) is 19.1 Å². The van der Waals surface area contributed by atoms with Gasteiger partial charge >= 0.3 is 0 Å². The number of hydrogen-bond donors (Lipinski definition) is 1. The minimum atomic E-state index is 0.690. The van der Waals surface area contributed by atoms with Gasteiger partial charge in [0.05, 0.1) is 6.61 Å². The van der Waals surface area contributed by atoms with Gasteiger partial charge in [0, 0.05) is 19.7 Å². The van der Waals surface area contributed by atoms with Crippen molar-refractivity contribution in [2.24, 2.45) is 0 Å². The van der Waals surface area contributed by atoms with Crippen molar-refractivity contribution in [1.82, 2.24) is 5.32 Å². The Kier molecular flexibility index (Phi) is 6.61. The summed E-state index contributed by atoms with van der Waals surface area (Å²) in [7, 11) is 0. The molecule has 0 saturated heterocycles. The molecule has 3 heteroatoms. The maximum atomic E-state index is 5.56. The van der Waals surface area contributed by atoms with Crippen LogP contribution < -0.4 is 10.1 Å². The highest BCUT2D eigenvalue weighted by Gasteiger charge is 1.92. The first-order valence-corrected chi connectivity index (χ1v) is 5.81. The molecule has 1 rings (SSSR count). The first-order valence-electron chi connectivity index (χ1n) is 5.81. The highest BCUT2D eigenvalue weighted by molar-refractivity contribution is 5.26. The quantitative estimate of drug-likeness (QED) is 0.684. The molecule has 0 atom stereocenters. The largest absolute Gasteiger partial charge is 0.492 e. The first-order chi connectivity index (χ1) is 7.83. The first kappa shape index (κ1) is 13.0. The van der Waals surface area contributed by atoms with E-state index in [2.05, 4.69) is 24.4 Å². The third-order valence-electron chi connectivity index (χ3n) is 2.20. The molecule has 0 amide bonds. The monoisotopic (exact) mass is 223 g/mol. The minimum Gasteiger partial charge on any atom is -0.492 e. The number of nitrogens with one attached hydrogen (secondary N) is 1. The SMILES string of the molecule is CCOCCNCCOc1ccc(C)cc1. The zero-order valence-electron chi connectivity index (χ0n) is 10.2. The van der Waals surface area contributed by atoms with E-state index in [4.69, 9.17) is 9.47 Å². The molecule has 16 heavy (non-hydrogen) atoms. The summed E-state index contributed by atoms with van der Waals surface area (Å²) in [5.41, 5.74) is 1.25. The van der Waals surface area contributed by atoms with E-state index in [1.165, 1.54) is 5.56 Å². The second-order valence-electron chi connectivity index (χ2n) is 3.61. The van der Waals surface area contributed by atoms with Gasteiger partial charge in [-0.15, -0.1) is 0 Å². The average molecular weight is 223 g/mol. The van der Waals surface area contributed by atoms with Gasteiger partial charge in [-0.1, -0.05) is 17.7 Å². The van der Waals surface area contributed by atoms with Crippen molar-refractivity contribution >= 4 is 0 Å². The second kappa shape index (κ2) is 8.13. The number of benzene rings is 1. The Bertz CT molecular complexity index is 272. The van der Waals surface area contributed by atoms with Gasteiger partial charge in [0.25, 0.3) is 0 Å². The van der Waals surface area contributed by atoms with Crippen molar-refractivity contribution in [1.29, 1.82) is 0 Å².